The molecule has 4 nitrogen and oxygen atoms in total. The van der Waals surface area contributed by atoms with Gasteiger partial charge in [0.25, 0.3) is 0 Å². The van der Waals surface area contributed by atoms with Crippen molar-refractivity contribution in [2.75, 3.05) is 32.7 Å². The maximum absolute atomic E-state index is 12.8. The summed E-state index contributed by atoms with van der Waals surface area (Å²) < 4.78 is 27.3. The van der Waals surface area contributed by atoms with Crippen molar-refractivity contribution in [1.29, 1.82) is 0 Å². The topological polar surface area (TPSA) is 40.6 Å². The third kappa shape index (κ3) is 4.42. The highest BCUT2D eigenvalue weighted by atomic mass is 35.5. The molecule has 2 aromatic rings. The zero-order valence-electron chi connectivity index (χ0n) is 14.4. The Morgan fingerprint density at radius 2 is 1.72 bits per heavy atom. The summed E-state index contributed by atoms with van der Waals surface area (Å²) in [5, 5.41) is 0.756. The molecule has 1 aliphatic heterocycles. The summed E-state index contributed by atoms with van der Waals surface area (Å²) >= 11 is 6.02. The van der Waals surface area contributed by atoms with Crippen LogP contribution in [0.25, 0.3) is 0 Å². The van der Waals surface area contributed by atoms with E-state index in [1.165, 1.54) is 5.56 Å². The van der Waals surface area contributed by atoms with Gasteiger partial charge in [-0.1, -0.05) is 41.9 Å². The van der Waals surface area contributed by atoms with Crippen molar-refractivity contribution in [3.8, 4) is 0 Å². The molecule has 0 radical (unpaired) electrons. The molecule has 2 aromatic carbocycles. The van der Waals surface area contributed by atoms with Gasteiger partial charge in [0.15, 0.2) is 0 Å². The molecule has 25 heavy (non-hydrogen) atoms. The molecular formula is C19H23ClN2O2S. The van der Waals surface area contributed by atoms with Crippen molar-refractivity contribution in [3.63, 3.8) is 0 Å². The first-order valence-electron chi connectivity index (χ1n) is 8.49. The molecule has 0 atom stereocenters. The van der Waals surface area contributed by atoms with Gasteiger partial charge < -0.3 is 4.90 Å². The molecule has 0 unspecified atom stereocenters. The number of nitrogens with zero attached hydrogens (tertiary/aromatic N) is 2. The minimum Gasteiger partial charge on any atom is -0.300 e. The third-order valence-corrected chi connectivity index (χ3v) is 6.94. The van der Waals surface area contributed by atoms with E-state index in [0.29, 0.717) is 18.0 Å². The fourth-order valence-corrected chi connectivity index (χ4v) is 5.02. The van der Waals surface area contributed by atoms with Crippen LogP contribution < -0.4 is 0 Å². The molecule has 1 fully saturated rings. The van der Waals surface area contributed by atoms with Crippen molar-refractivity contribution >= 4 is 21.6 Å². The van der Waals surface area contributed by atoms with Crippen molar-refractivity contribution in [3.05, 3.63) is 64.7 Å². The summed E-state index contributed by atoms with van der Waals surface area (Å²) in [6.07, 6.45) is 0.922. The van der Waals surface area contributed by atoms with Crippen molar-refractivity contribution in [2.45, 2.75) is 18.2 Å². The van der Waals surface area contributed by atoms with E-state index in [1.807, 2.05) is 37.3 Å². The lowest BCUT2D eigenvalue weighted by molar-refractivity contribution is 0.190. The Kier molecular flexibility index (Phi) is 5.79. The number of halogens is 1. The molecular weight excluding hydrogens is 356 g/mol. The van der Waals surface area contributed by atoms with Crippen LogP contribution >= 0.6 is 11.6 Å². The average molecular weight is 379 g/mol. The van der Waals surface area contributed by atoms with Gasteiger partial charge in [0.1, 0.15) is 0 Å². The van der Waals surface area contributed by atoms with E-state index in [0.717, 1.165) is 36.6 Å². The van der Waals surface area contributed by atoms with Crippen LogP contribution in [-0.4, -0.2) is 50.3 Å². The molecule has 1 heterocycles. The lowest BCUT2D eigenvalue weighted by Crippen LogP contribution is -2.49. The Morgan fingerprint density at radius 1 is 1.00 bits per heavy atom. The first-order valence-corrected chi connectivity index (χ1v) is 10.3. The second-order valence-corrected chi connectivity index (χ2v) is 8.73. The highest BCUT2D eigenvalue weighted by Gasteiger charge is 2.29. The van der Waals surface area contributed by atoms with Crippen LogP contribution in [0.3, 0.4) is 0 Å². The zero-order chi connectivity index (χ0) is 17.9. The van der Waals surface area contributed by atoms with E-state index in [1.54, 1.807) is 16.4 Å². The fourth-order valence-electron chi connectivity index (χ4n) is 3.16. The summed E-state index contributed by atoms with van der Waals surface area (Å²) in [5.74, 6) is 0. The van der Waals surface area contributed by atoms with Crippen LogP contribution in [0.15, 0.2) is 53.4 Å². The lowest BCUT2D eigenvalue weighted by Gasteiger charge is -2.34. The highest BCUT2D eigenvalue weighted by molar-refractivity contribution is 7.89. The van der Waals surface area contributed by atoms with Gasteiger partial charge >= 0.3 is 0 Å². The Morgan fingerprint density at radius 3 is 2.40 bits per heavy atom. The second-order valence-electron chi connectivity index (χ2n) is 6.39. The van der Waals surface area contributed by atoms with E-state index in [2.05, 4.69) is 11.0 Å². The van der Waals surface area contributed by atoms with Gasteiger partial charge in [-0.25, -0.2) is 8.42 Å². The van der Waals surface area contributed by atoms with Gasteiger partial charge in [-0.15, -0.1) is 0 Å². The molecule has 0 N–H and O–H groups in total. The lowest BCUT2D eigenvalue weighted by atomic mass is 10.1. The van der Waals surface area contributed by atoms with Gasteiger partial charge in [0.05, 0.1) is 4.90 Å². The number of hydrogen-bond donors (Lipinski definition) is 0. The minimum atomic E-state index is -3.40. The number of piperazine rings is 1. The maximum Gasteiger partial charge on any atom is 0.243 e. The van der Waals surface area contributed by atoms with Crippen LogP contribution in [0, 0.1) is 6.92 Å². The van der Waals surface area contributed by atoms with E-state index in [9.17, 15) is 8.42 Å². The Bertz CT molecular complexity index is 831. The second kappa shape index (κ2) is 7.87. The minimum absolute atomic E-state index is 0.419. The first kappa shape index (κ1) is 18.4. The van der Waals surface area contributed by atoms with Crippen LogP contribution in [-0.2, 0) is 16.4 Å². The summed E-state index contributed by atoms with van der Waals surface area (Å²) in [5.41, 5.74) is 2.01. The van der Waals surface area contributed by atoms with Crippen molar-refractivity contribution in [2.24, 2.45) is 0 Å². The normalized spacial score (nSPS) is 16.9. The Hall–Kier alpha value is -1.40. The molecule has 0 aromatic heterocycles. The number of sulfonamides is 1. The first-order chi connectivity index (χ1) is 12.0. The van der Waals surface area contributed by atoms with Crippen molar-refractivity contribution < 1.29 is 8.42 Å². The summed E-state index contributed by atoms with van der Waals surface area (Å²) in [6.45, 7) is 5.34. The van der Waals surface area contributed by atoms with Gasteiger partial charge in [-0.3, -0.25) is 0 Å². The van der Waals surface area contributed by atoms with Gasteiger partial charge in [-0.2, -0.15) is 4.31 Å². The fraction of sp³-hybridized carbons (Fsp3) is 0.368. The van der Waals surface area contributed by atoms with E-state index >= 15 is 0 Å². The predicted octanol–water partition coefficient (Wildman–Crippen LogP) is 3.20. The Labute approximate surface area is 155 Å². The zero-order valence-corrected chi connectivity index (χ0v) is 15.9. The summed E-state index contributed by atoms with van der Waals surface area (Å²) in [7, 11) is -3.40. The van der Waals surface area contributed by atoms with Crippen molar-refractivity contribution in [1.82, 2.24) is 9.21 Å². The van der Waals surface area contributed by atoms with E-state index in [-0.39, 0.29) is 0 Å². The maximum atomic E-state index is 12.8. The van der Waals surface area contributed by atoms with E-state index < -0.39 is 10.0 Å². The molecule has 3 rings (SSSR count). The largest absolute Gasteiger partial charge is 0.300 e. The predicted molar refractivity (Wildman–Crippen MR) is 102 cm³/mol. The third-order valence-electron chi connectivity index (χ3n) is 4.65. The molecule has 1 saturated heterocycles. The Balaban J connectivity index is 1.57. The standard InChI is InChI=1S/C19H23ClN2O2S/c1-16-5-2-3-8-19(16)25(23,24)22-13-11-21(12-14-22)10-9-17-6-4-7-18(20)15-17/h2-8,15H,9-14H2,1H3. The van der Waals surface area contributed by atoms with Gasteiger partial charge in [0.2, 0.25) is 10.0 Å². The monoisotopic (exact) mass is 378 g/mol. The van der Waals surface area contributed by atoms with Gasteiger partial charge in [0, 0.05) is 37.7 Å². The molecule has 1 aliphatic rings. The molecule has 0 amide bonds. The average Bonchev–Trinajstić information content (AvgIpc) is 2.61. The number of rotatable bonds is 5. The van der Waals surface area contributed by atoms with Crippen LogP contribution in [0.5, 0.6) is 0 Å². The van der Waals surface area contributed by atoms with Crippen LogP contribution in [0.4, 0.5) is 0 Å². The highest BCUT2D eigenvalue weighted by Crippen LogP contribution is 2.21. The quantitative estimate of drug-likeness (QED) is 0.802. The van der Waals surface area contributed by atoms with E-state index in [4.69, 9.17) is 11.6 Å². The smallest absolute Gasteiger partial charge is 0.243 e. The number of hydrogen-bond acceptors (Lipinski definition) is 3. The molecule has 134 valence electrons. The number of aryl methyl sites for hydroxylation is 1. The summed E-state index contributed by atoms with van der Waals surface area (Å²) in [6, 6.07) is 15.1. The summed E-state index contributed by atoms with van der Waals surface area (Å²) in [4.78, 5) is 2.73. The SMILES string of the molecule is Cc1ccccc1S(=O)(=O)N1CCN(CCc2cccc(Cl)c2)CC1. The van der Waals surface area contributed by atoms with Crippen LogP contribution in [0.1, 0.15) is 11.1 Å². The molecule has 6 heteroatoms. The number of benzene rings is 2. The molecule has 0 aliphatic carbocycles. The molecule has 0 bridgehead atoms. The molecule has 0 saturated carbocycles. The van der Waals surface area contributed by atoms with Gasteiger partial charge in [-0.05, 0) is 42.7 Å². The van der Waals surface area contributed by atoms with Crippen LogP contribution in [0.2, 0.25) is 5.02 Å². The molecule has 0 spiro atoms.